The molecule has 2 heterocycles. The molecule has 2 rings (SSSR count). The smallest absolute Gasteiger partial charge is 0.319 e. The predicted molar refractivity (Wildman–Crippen MR) is 54.0 cm³/mol. The monoisotopic (exact) mass is 211 g/mol. The third-order valence-electron chi connectivity index (χ3n) is 3.39. The molecule has 2 aliphatic rings. The number of ether oxygens (including phenoxy) is 1. The van der Waals surface area contributed by atoms with Crippen molar-refractivity contribution in [2.24, 2.45) is 17.8 Å². The van der Waals surface area contributed by atoms with Crippen LogP contribution < -0.4 is 0 Å². The van der Waals surface area contributed by atoms with E-state index in [1.54, 1.807) is 0 Å². The van der Waals surface area contributed by atoms with Crippen molar-refractivity contribution in [3.8, 4) is 0 Å². The Kier molecular flexibility index (Phi) is 2.54. The number of rotatable bonds is 2. The van der Waals surface area contributed by atoms with E-state index in [4.69, 9.17) is 0 Å². The van der Waals surface area contributed by atoms with Crippen molar-refractivity contribution in [1.82, 2.24) is 4.90 Å². The second-order valence-electron chi connectivity index (χ2n) is 5.01. The lowest BCUT2D eigenvalue weighted by atomic mass is 9.88. The number of cyclic esters (lactones) is 2. The third-order valence-corrected chi connectivity index (χ3v) is 3.39. The van der Waals surface area contributed by atoms with Crippen LogP contribution in [0.15, 0.2) is 0 Å². The average Bonchev–Trinajstić information content (AvgIpc) is 2.55. The summed E-state index contributed by atoms with van der Waals surface area (Å²) in [4.78, 5) is 25.0. The molecule has 0 radical (unpaired) electrons. The molecule has 0 bridgehead atoms. The Morgan fingerprint density at radius 1 is 1.40 bits per heavy atom. The second kappa shape index (κ2) is 3.59. The molecule has 0 amide bonds. The molecule has 15 heavy (non-hydrogen) atoms. The van der Waals surface area contributed by atoms with Gasteiger partial charge in [0.25, 0.3) is 0 Å². The van der Waals surface area contributed by atoms with Crippen LogP contribution in [-0.2, 0) is 14.3 Å². The number of nitrogens with zero attached hydrogens (tertiary/aromatic N) is 1. The molecule has 2 fully saturated rings. The second-order valence-corrected chi connectivity index (χ2v) is 5.01. The van der Waals surface area contributed by atoms with Gasteiger partial charge in [0.1, 0.15) is 0 Å². The van der Waals surface area contributed by atoms with E-state index in [0.717, 1.165) is 6.42 Å². The number of carbonyl (C=O) groups is 2. The van der Waals surface area contributed by atoms with Gasteiger partial charge in [-0.05, 0) is 19.4 Å². The van der Waals surface area contributed by atoms with E-state index in [1.165, 1.54) is 0 Å². The number of esters is 2. The summed E-state index contributed by atoms with van der Waals surface area (Å²) in [6, 6.07) is 0.175. The summed E-state index contributed by atoms with van der Waals surface area (Å²) in [5.74, 6) is -0.557. The van der Waals surface area contributed by atoms with E-state index in [-0.39, 0.29) is 29.8 Å². The molecule has 84 valence electrons. The number of hydrogen-bond donors (Lipinski definition) is 0. The van der Waals surface area contributed by atoms with Crippen LogP contribution in [0.1, 0.15) is 20.3 Å². The highest BCUT2D eigenvalue weighted by Gasteiger charge is 2.54. The van der Waals surface area contributed by atoms with Gasteiger partial charge in [0.2, 0.25) is 0 Å². The lowest BCUT2D eigenvalue weighted by Crippen LogP contribution is -2.33. The van der Waals surface area contributed by atoms with Gasteiger partial charge in [-0.2, -0.15) is 0 Å². The zero-order valence-corrected chi connectivity index (χ0v) is 9.40. The van der Waals surface area contributed by atoms with Crippen molar-refractivity contribution in [2.45, 2.75) is 26.3 Å². The minimum absolute atomic E-state index is 0.175. The molecule has 0 aromatic heterocycles. The molecule has 0 aromatic carbocycles. The van der Waals surface area contributed by atoms with E-state index in [0.29, 0.717) is 12.5 Å². The quantitative estimate of drug-likeness (QED) is 0.497. The summed E-state index contributed by atoms with van der Waals surface area (Å²) in [6.45, 7) is 4.92. The molecular weight excluding hydrogens is 194 g/mol. The highest BCUT2D eigenvalue weighted by atomic mass is 16.6. The SMILES string of the molecule is CC(C)CC1C2C(=O)OC(=O)C2CN1C. The van der Waals surface area contributed by atoms with Crippen molar-refractivity contribution in [2.75, 3.05) is 13.6 Å². The van der Waals surface area contributed by atoms with Crippen LogP contribution in [0.3, 0.4) is 0 Å². The van der Waals surface area contributed by atoms with Crippen LogP contribution in [0.5, 0.6) is 0 Å². The lowest BCUT2D eigenvalue weighted by molar-refractivity contribution is -0.155. The van der Waals surface area contributed by atoms with E-state index < -0.39 is 0 Å². The van der Waals surface area contributed by atoms with Gasteiger partial charge in [0.15, 0.2) is 0 Å². The first-order valence-corrected chi connectivity index (χ1v) is 5.46. The molecule has 0 spiro atoms. The Bertz CT molecular complexity index is 300. The number of hydrogen-bond acceptors (Lipinski definition) is 4. The van der Waals surface area contributed by atoms with Crippen LogP contribution in [-0.4, -0.2) is 36.5 Å². The number of likely N-dealkylation sites (tertiary alicyclic amines) is 1. The normalized spacial score (nSPS) is 36.1. The fourth-order valence-corrected chi connectivity index (χ4v) is 2.70. The molecule has 4 heteroatoms. The van der Waals surface area contributed by atoms with Crippen LogP contribution in [0.2, 0.25) is 0 Å². The van der Waals surface area contributed by atoms with Crippen molar-refractivity contribution in [1.29, 1.82) is 0 Å². The molecule has 2 saturated heterocycles. The van der Waals surface area contributed by atoms with Crippen LogP contribution in [0.25, 0.3) is 0 Å². The number of fused-ring (bicyclic) bond motifs is 1. The molecule has 0 aliphatic carbocycles. The maximum Gasteiger partial charge on any atom is 0.319 e. The average molecular weight is 211 g/mol. The Labute approximate surface area is 89.6 Å². The van der Waals surface area contributed by atoms with Gasteiger partial charge < -0.3 is 9.64 Å². The number of carbonyl (C=O) groups excluding carboxylic acids is 2. The van der Waals surface area contributed by atoms with E-state index in [1.807, 2.05) is 7.05 Å². The lowest BCUT2D eigenvalue weighted by Gasteiger charge is -2.24. The van der Waals surface area contributed by atoms with Crippen molar-refractivity contribution < 1.29 is 14.3 Å². The van der Waals surface area contributed by atoms with Crippen molar-refractivity contribution >= 4 is 11.9 Å². The molecule has 3 atom stereocenters. The van der Waals surface area contributed by atoms with Gasteiger partial charge in [-0.1, -0.05) is 13.8 Å². The first-order chi connectivity index (χ1) is 7.00. The Morgan fingerprint density at radius 3 is 2.67 bits per heavy atom. The van der Waals surface area contributed by atoms with Crippen LogP contribution >= 0.6 is 0 Å². The standard InChI is InChI=1S/C11H17NO3/c1-6(2)4-8-9-7(5-12(8)3)10(13)15-11(9)14/h6-9H,4-5H2,1-3H3. The Hall–Kier alpha value is -0.900. The maximum absolute atomic E-state index is 11.5. The Morgan fingerprint density at radius 2 is 2.07 bits per heavy atom. The predicted octanol–water partition coefficient (Wildman–Crippen LogP) is 0.662. The van der Waals surface area contributed by atoms with Crippen molar-refractivity contribution in [3.63, 3.8) is 0 Å². The minimum Gasteiger partial charge on any atom is -0.393 e. The van der Waals surface area contributed by atoms with Crippen LogP contribution in [0.4, 0.5) is 0 Å². The van der Waals surface area contributed by atoms with E-state index >= 15 is 0 Å². The summed E-state index contributed by atoms with van der Waals surface area (Å²) in [6.07, 6.45) is 0.944. The molecular formula is C11H17NO3. The fourth-order valence-electron chi connectivity index (χ4n) is 2.70. The summed E-state index contributed by atoms with van der Waals surface area (Å²) in [5.41, 5.74) is 0. The van der Waals surface area contributed by atoms with E-state index in [9.17, 15) is 9.59 Å². The van der Waals surface area contributed by atoms with Gasteiger partial charge in [0, 0.05) is 12.6 Å². The zero-order chi connectivity index (χ0) is 11.2. The highest BCUT2D eigenvalue weighted by Crippen LogP contribution is 2.38. The third kappa shape index (κ3) is 1.67. The molecule has 3 unspecified atom stereocenters. The molecule has 0 saturated carbocycles. The van der Waals surface area contributed by atoms with Gasteiger partial charge in [-0.3, -0.25) is 9.59 Å². The maximum atomic E-state index is 11.5. The molecule has 4 nitrogen and oxygen atoms in total. The first-order valence-electron chi connectivity index (χ1n) is 5.46. The van der Waals surface area contributed by atoms with Gasteiger partial charge in [-0.15, -0.1) is 0 Å². The summed E-state index contributed by atoms with van der Waals surface area (Å²) in [7, 11) is 1.98. The van der Waals surface area contributed by atoms with Gasteiger partial charge >= 0.3 is 11.9 Å². The van der Waals surface area contributed by atoms with Gasteiger partial charge in [-0.25, -0.2) is 0 Å². The largest absolute Gasteiger partial charge is 0.393 e. The molecule has 2 aliphatic heterocycles. The van der Waals surface area contributed by atoms with Crippen LogP contribution in [0, 0.1) is 17.8 Å². The highest BCUT2D eigenvalue weighted by molar-refractivity contribution is 5.97. The summed E-state index contributed by atoms with van der Waals surface area (Å²) in [5, 5.41) is 0. The molecule has 0 aromatic rings. The zero-order valence-electron chi connectivity index (χ0n) is 9.40. The Balaban J connectivity index is 2.18. The van der Waals surface area contributed by atoms with E-state index in [2.05, 4.69) is 23.5 Å². The molecule has 0 N–H and O–H groups in total. The first kappa shape index (κ1) is 10.6. The van der Waals surface area contributed by atoms with Gasteiger partial charge in [0.05, 0.1) is 11.8 Å². The summed E-state index contributed by atoms with van der Waals surface area (Å²) >= 11 is 0. The fraction of sp³-hybridized carbons (Fsp3) is 0.818. The topological polar surface area (TPSA) is 46.6 Å². The summed E-state index contributed by atoms with van der Waals surface area (Å²) < 4.78 is 4.68. The minimum atomic E-state index is -0.330. The van der Waals surface area contributed by atoms with Crippen molar-refractivity contribution in [3.05, 3.63) is 0 Å².